The number of primary amides is 1. The zero-order valence-corrected chi connectivity index (χ0v) is 12.3. The monoisotopic (exact) mass is 348 g/mol. The normalized spacial score (nSPS) is 24.5. The van der Waals surface area contributed by atoms with E-state index in [2.05, 4.69) is 15.9 Å². The minimum absolute atomic E-state index is 0.0328. The highest BCUT2D eigenvalue weighted by molar-refractivity contribution is 9.10. The molecule has 0 saturated carbocycles. The van der Waals surface area contributed by atoms with Gasteiger partial charge in [-0.15, -0.1) is 0 Å². The van der Waals surface area contributed by atoms with Crippen molar-refractivity contribution in [1.82, 2.24) is 4.31 Å². The standard InChI is InChI=1S/C11H13BrN2O4S/c12-7-1-3-9(4-2-7)19(17,18)14-6-8(15)5-10(14)11(13)16/h1-4,8,10,15H,5-6H2,(H2,13,16). The Morgan fingerprint density at radius 3 is 2.47 bits per heavy atom. The third-order valence-corrected chi connectivity index (χ3v) is 5.40. The molecule has 0 aliphatic carbocycles. The number of nitrogens with two attached hydrogens (primary N) is 1. The van der Waals surface area contributed by atoms with Crippen molar-refractivity contribution in [1.29, 1.82) is 0 Å². The molecule has 0 spiro atoms. The van der Waals surface area contributed by atoms with Crippen LogP contribution in [-0.4, -0.2) is 42.4 Å². The second-order valence-electron chi connectivity index (χ2n) is 4.34. The lowest BCUT2D eigenvalue weighted by molar-refractivity contribution is -0.121. The fourth-order valence-corrected chi connectivity index (χ4v) is 3.96. The summed E-state index contributed by atoms with van der Waals surface area (Å²) in [4.78, 5) is 11.4. The second kappa shape index (κ2) is 5.20. The number of nitrogens with zero attached hydrogens (tertiary/aromatic N) is 1. The van der Waals surface area contributed by atoms with Gasteiger partial charge in [0, 0.05) is 17.4 Å². The van der Waals surface area contributed by atoms with E-state index < -0.39 is 28.1 Å². The zero-order chi connectivity index (χ0) is 14.2. The first-order valence-electron chi connectivity index (χ1n) is 5.57. The molecule has 1 aromatic carbocycles. The van der Waals surface area contributed by atoms with Gasteiger partial charge >= 0.3 is 0 Å². The Morgan fingerprint density at radius 1 is 1.37 bits per heavy atom. The second-order valence-corrected chi connectivity index (χ2v) is 7.14. The summed E-state index contributed by atoms with van der Waals surface area (Å²) >= 11 is 3.22. The lowest BCUT2D eigenvalue weighted by Gasteiger charge is -2.21. The van der Waals surface area contributed by atoms with Crippen LogP contribution < -0.4 is 5.73 Å². The first kappa shape index (κ1) is 14.4. The number of rotatable bonds is 3. The van der Waals surface area contributed by atoms with Crippen molar-refractivity contribution in [3.05, 3.63) is 28.7 Å². The Morgan fingerprint density at radius 2 is 1.95 bits per heavy atom. The highest BCUT2D eigenvalue weighted by Gasteiger charge is 2.42. The fraction of sp³-hybridized carbons (Fsp3) is 0.364. The molecule has 19 heavy (non-hydrogen) atoms. The summed E-state index contributed by atoms with van der Waals surface area (Å²) in [5.41, 5.74) is 5.19. The number of aliphatic hydroxyl groups excluding tert-OH is 1. The number of β-amino-alcohol motifs (C(OH)–C–C–N with tert-alkyl or cyclic N) is 1. The molecule has 2 unspecified atom stereocenters. The third kappa shape index (κ3) is 2.81. The van der Waals surface area contributed by atoms with Gasteiger partial charge in [-0.2, -0.15) is 4.31 Å². The maximum atomic E-state index is 12.4. The van der Waals surface area contributed by atoms with E-state index >= 15 is 0 Å². The Hall–Kier alpha value is -0.960. The summed E-state index contributed by atoms with van der Waals surface area (Å²) in [6.45, 7) is -0.119. The lowest BCUT2D eigenvalue weighted by Crippen LogP contribution is -2.43. The number of carbonyl (C=O) groups is 1. The van der Waals surface area contributed by atoms with Crippen LogP contribution >= 0.6 is 15.9 Å². The van der Waals surface area contributed by atoms with Gasteiger partial charge in [-0.05, 0) is 24.3 Å². The molecular formula is C11H13BrN2O4S. The molecule has 8 heteroatoms. The number of aliphatic hydroxyl groups is 1. The molecule has 0 radical (unpaired) electrons. The molecule has 2 atom stereocenters. The van der Waals surface area contributed by atoms with Crippen LogP contribution in [-0.2, 0) is 14.8 Å². The van der Waals surface area contributed by atoms with Gasteiger partial charge in [0.1, 0.15) is 6.04 Å². The molecule has 1 amide bonds. The van der Waals surface area contributed by atoms with Crippen molar-refractivity contribution in [2.75, 3.05) is 6.54 Å². The van der Waals surface area contributed by atoms with Crippen LogP contribution in [0.15, 0.2) is 33.6 Å². The van der Waals surface area contributed by atoms with Crippen LogP contribution in [0.3, 0.4) is 0 Å². The molecule has 1 saturated heterocycles. The summed E-state index contributed by atoms with van der Waals surface area (Å²) in [7, 11) is -3.83. The zero-order valence-electron chi connectivity index (χ0n) is 9.86. The van der Waals surface area contributed by atoms with Crippen molar-refractivity contribution >= 4 is 31.9 Å². The first-order valence-corrected chi connectivity index (χ1v) is 7.80. The number of sulfonamides is 1. The predicted molar refractivity (Wildman–Crippen MR) is 71.6 cm³/mol. The van der Waals surface area contributed by atoms with Crippen LogP contribution in [0.25, 0.3) is 0 Å². The molecule has 3 N–H and O–H groups in total. The van der Waals surface area contributed by atoms with Crippen LogP contribution in [0.1, 0.15) is 6.42 Å². The maximum absolute atomic E-state index is 12.4. The molecular weight excluding hydrogens is 336 g/mol. The molecule has 1 aliphatic heterocycles. The Bertz CT molecular complexity index is 587. The predicted octanol–water partition coefficient (Wildman–Crippen LogP) is 0.0583. The van der Waals surface area contributed by atoms with E-state index in [-0.39, 0.29) is 17.9 Å². The van der Waals surface area contributed by atoms with Crippen molar-refractivity contribution < 1.29 is 18.3 Å². The van der Waals surface area contributed by atoms with Crippen LogP contribution in [0, 0.1) is 0 Å². The Kier molecular flexibility index (Phi) is 3.95. The van der Waals surface area contributed by atoms with Crippen molar-refractivity contribution in [3.8, 4) is 0 Å². The average molecular weight is 349 g/mol. The largest absolute Gasteiger partial charge is 0.392 e. The number of halogens is 1. The van der Waals surface area contributed by atoms with Gasteiger partial charge in [-0.1, -0.05) is 15.9 Å². The molecule has 1 aliphatic rings. The number of hydrogen-bond acceptors (Lipinski definition) is 4. The summed E-state index contributed by atoms with van der Waals surface area (Å²) in [6, 6.07) is 5.06. The van der Waals surface area contributed by atoms with Crippen molar-refractivity contribution in [3.63, 3.8) is 0 Å². The fourth-order valence-electron chi connectivity index (χ4n) is 2.05. The Balaban J connectivity index is 2.38. The Labute approximate surface area is 119 Å². The van der Waals surface area contributed by atoms with Gasteiger partial charge in [0.25, 0.3) is 0 Å². The minimum atomic E-state index is -3.83. The highest BCUT2D eigenvalue weighted by atomic mass is 79.9. The minimum Gasteiger partial charge on any atom is -0.392 e. The van der Waals surface area contributed by atoms with E-state index in [1.807, 2.05) is 0 Å². The third-order valence-electron chi connectivity index (χ3n) is 2.98. The van der Waals surface area contributed by atoms with Gasteiger partial charge in [0.15, 0.2) is 0 Å². The summed E-state index contributed by atoms with van der Waals surface area (Å²) in [6.07, 6.45) is -0.840. The number of hydrogen-bond donors (Lipinski definition) is 2. The lowest BCUT2D eigenvalue weighted by atomic mass is 10.2. The quantitative estimate of drug-likeness (QED) is 0.806. The van der Waals surface area contributed by atoms with E-state index in [1.54, 1.807) is 12.1 Å². The molecule has 1 aromatic rings. The number of amides is 1. The van der Waals surface area contributed by atoms with Crippen LogP contribution in [0.5, 0.6) is 0 Å². The SMILES string of the molecule is NC(=O)C1CC(O)CN1S(=O)(=O)c1ccc(Br)cc1. The van der Waals surface area contributed by atoms with Gasteiger partial charge in [0.2, 0.25) is 15.9 Å². The van der Waals surface area contributed by atoms with E-state index in [9.17, 15) is 18.3 Å². The van der Waals surface area contributed by atoms with Gasteiger partial charge < -0.3 is 10.8 Å². The van der Waals surface area contributed by atoms with Crippen molar-refractivity contribution in [2.45, 2.75) is 23.5 Å². The van der Waals surface area contributed by atoms with Crippen LogP contribution in [0.4, 0.5) is 0 Å². The smallest absolute Gasteiger partial charge is 0.243 e. The molecule has 0 aromatic heterocycles. The topological polar surface area (TPSA) is 101 Å². The molecule has 1 heterocycles. The maximum Gasteiger partial charge on any atom is 0.243 e. The number of benzene rings is 1. The van der Waals surface area contributed by atoms with Crippen molar-refractivity contribution in [2.24, 2.45) is 5.73 Å². The van der Waals surface area contributed by atoms with Gasteiger partial charge in [0.05, 0.1) is 11.0 Å². The number of carbonyl (C=O) groups excluding carboxylic acids is 1. The average Bonchev–Trinajstić information content (AvgIpc) is 2.73. The summed E-state index contributed by atoms with van der Waals surface area (Å²) in [5, 5.41) is 9.55. The van der Waals surface area contributed by atoms with Gasteiger partial charge in [-0.25, -0.2) is 8.42 Å². The van der Waals surface area contributed by atoms with E-state index in [0.717, 1.165) is 8.78 Å². The molecule has 0 bridgehead atoms. The van der Waals surface area contributed by atoms with Crippen LogP contribution in [0.2, 0.25) is 0 Å². The molecule has 104 valence electrons. The molecule has 2 rings (SSSR count). The van der Waals surface area contributed by atoms with E-state index in [0.29, 0.717) is 0 Å². The van der Waals surface area contributed by atoms with E-state index in [1.165, 1.54) is 12.1 Å². The molecule has 1 fully saturated rings. The summed E-state index contributed by atoms with van der Waals surface area (Å²) < 4.78 is 26.5. The highest BCUT2D eigenvalue weighted by Crippen LogP contribution is 2.26. The summed E-state index contributed by atoms with van der Waals surface area (Å²) in [5.74, 6) is -0.753. The van der Waals surface area contributed by atoms with Gasteiger partial charge in [-0.3, -0.25) is 4.79 Å². The first-order chi connectivity index (χ1) is 8.82. The molecule has 6 nitrogen and oxygen atoms in total. The van der Waals surface area contributed by atoms with E-state index in [4.69, 9.17) is 5.73 Å².